The van der Waals surface area contributed by atoms with Gasteiger partial charge in [-0.2, -0.15) is 5.09 Å². The van der Waals surface area contributed by atoms with E-state index in [1.807, 2.05) is 0 Å². The summed E-state index contributed by atoms with van der Waals surface area (Å²) in [5.41, 5.74) is 11.6. The Labute approximate surface area is 234 Å². The van der Waals surface area contributed by atoms with E-state index in [2.05, 4.69) is 20.4 Å². The summed E-state index contributed by atoms with van der Waals surface area (Å²) in [6.07, 6.45) is -0.404. The van der Waals surface area contributed by atoms with Gasteiger partial charge in [0.15, 0.2) is 24.1 Å². The maximum atomic E-state index is 13.8. The molecule has 0 radical (unpaired) electrons. The second kappa shape index (κ2) is 11.4. The zero-order valence-electron chi connectivity index (χ0n) is 22.5. The number of rotatable bonds is 12. The molecule has 0 saturated carbocycles. The first-order chi connectivity index (χ1) is 19.2. The summed E-state index contributed by atoms with van der Waals surface area (Å²) in [5, 5.41) is 34.8. The number of amidine groups is 1. The van der Waals surface area contributed by atoms with E-state index in [0.29, 0.717) is 17.1 Å². The van der Waals surface area contributed by atoms with Crippen molar-refractivity contribution < 1.29 is 43.3 Å². The highest BCUT2D eigenvalue weighted by Crippen LogP contribution is 2.51. The van der Waals surface area contributed by atoms with Crippen LogP contribution in [0, 0.1) is 5.41 Å². The number of fused-ring (bicyclic) bond motifs is 1. The molecule has 0 spiro atoms. The number of aliphatic hydroxyl groups excluding tert-OH is 1. The Morgan fingerprint density at radius 3 is 2.71 bits per heavy atom. The number of nitrogens with one attached hydrogen (secondary N) is 2. The number of aryl methyl sites for hydroxylation is 1. The number of benzene rings is 1. The van der Waals surface area contributed by atoms with Crippen LogP contribution in [-0.2, 0) is 29.8 Å². The molecule has 1 aromatic heterocycles. The lowest BCUT2D eigenvalue weighted by Gasteiger charge is -2.29. The van der Waals surface area contributed by atoms with E-state index >= 15 is 0 Å². The quantitative estimate of drug-likeness (QED) is 0.174. The molecule has 2 aliphatic heterocycles. The van der Waals surface area contributed by atoms with E-state index in [4.69, 9.17) is 30.4 Å². The molecule has 9 N–H and O–H groups in total. The molecule has 2 unspecified atom stereocenters. The number of hydrogen-bond acceptors (Lipinski definition) is 12. The van der Waals surface area contributed by atoms with Gasteiger partial charge in [-0.1, -0.05) is 18.2 Å². The number of aliphatic carboxylic acids is 2. The topological polar surface area (TPSA) is 246 Å². The van der Waals surface area contributed by atoms with Crippen LogP contribution in [0.2, 0.25) is 0 Å². The summed E-state index contributed by atoms with van der Waals surface area (Å²) in [4.78, 5) is 30.9. The summed E-state index contributed by atoms with van der Waals surface area (Å²) in [6.45, 7) is 4.07. The van der Waals surface area contributed by atoms with Gasteiger partial charge in [0, 0.05) is 6.42 Å². The maximum absolute atomic E-state index is 13.8. The maximum Gasteiger partial charge on any atom is 0.459 e. The van der Waals surface area contributed by atoms with E-state index < -0.39 is 50.3 Å². The van der Waals surface area contributed by atoms with Gasteiger partial charge >= 0.3 is 19.7 Å². The van der Waals surface area contributed by atoms with Gasteiger partial charge in [0.2, 0.25) is 0 Å². The van der Waals surface area contributed by atoms with Crippen molar-refractivity contribution in [1.82, 2.24) is 14.6 Å². The number of aromatic nitrogens is 2. The second-order valence-corrected chi connectivity index (χ2v) is 11.7. The predicted octanol–water partition coefficient (Wildman–Crippen LogP) is 1.86. The average Bonchev–Trinajstić information content (AvgIpc) is 3.40. The molecule has 16 nitrogen and oxygen atoms in total. The Morgan fingerprint density at radius 1 is 1.32 bits per heavy atom. The molecule has 0 fully saturated rings. The van der Waals surface area contributed by atoms with Crippen LogP contribution in [0.3, 0.4) is 0 Å². The zero-order chi connectivity index (χ0) is 30.1. The van der Waals surface area contributed by atoms with Crippen molar-refractivity contribution >= 4 is 31.3 Å². The first kappa shape index (κ1) is 29.9. The molecular weight excluding hydrogens is 561 g/mol. The fourth-order valence-corrected chi connectivity index (χ4v) is 5.76. The SMILES string of the molecule is C[C@H](NP(=O)(OCC1=C(O)C(C)(C)[C@H](n2cnc3c2NC(N)N=C3N)O1)Oc1ccccc1CCC(=O)O)C(=O)O. The number of aliphatic hydroxyl groups is 1. The minimum absolute atomic E-state index is 0.0395. The number of nitrogens with two attached hydrogens (primary N) is 2. The monoisotopic (exact) mass is 593 g/mol. The summed E-state index contributed by atoms with van der Waals surface area (Å²) in [5.74, 6) is -2.08. The van der Waals surface area contributed by atoms with Gasteiger partial charge in [-0.15, -0.1) is 0 Å². The lowest BCUT2D eigenvalue weighted by atomic mass is 9.89. The standard InChI is InChI=1S/C24H32N7O9P/c1-12(21(35)36)30-41(37,40-14-7-5-4-6-13(14)8-9-16(32)33)38-10-15-18(34)24(2,3)22(39-15)31-11-27-17-19(25)28-23(26)29-20(17)31/h4-7,11-12,22-23,29,34H,8-10,26H2,1-3H3,(H2,25,28)(H,30,37)(H,32,33)(H,35,36)/t12-,22+,23?,41?/m0/s1. The van der Waals surface area contributed by atoms with Crippen LogP contribution in [0.1, 0.15) is 44.7 Å². The van der Waals surface area contributed by atoms with Gasteiger partial charge in [0.05, 0.1) is 5.41 Å². The zero-order valence-corrected chi connectivity index (χ0v) is 23.4. The highest BCUT2D eigenvalue weighted by Gasteiger charge is 2.47. The molecule has 222 valence electrons. The third kappa shape index (κ3) is 6.30. The highest BCUT2D eigenvalue weighted by atomic mass is 31.2. The summed E-state index contributed by atoms with van der Waals surface area (Å²) in [6, 6.07) is 4.92. The number of hydrogen-bond donors (Lipinski definition) is 7. The molecule has 2 aliphatic rings. The first-order valence-electron chi connectivity index (χ1n) is 12.5. The number of aliphatic imine (C=N–C) groups is 1. The van der Waals surface area contributed by atoms with Gasteiger partial charge in [0.25, 0.3) is 0 Å². The van der Waals surface area contributed by atoms with Crippen molar-refractivity contribution in [3.63, 3.8) is 0 Å². The normalized spacial score (nSPS) is 21.6. The molecular formula is C24H32N7O9P. The summed E-state index contributed by atoms with van der Waals surface area (Å²) < 4.78 is 32.7. The first-order valence-corrected chi connectivity index (χ1v) is 14.0. The minimum atomic E-state index is -4.45. The van der Waals surface area contributed by atoms with Crippen LogP contribution in [0.5, 0.6) is 5.75 Å². The highest BCUT2D eigenvalue weighted by molar-refractivity contribution is 7.52. The molecule has 4 atom stereocenters. The van der Waals surface area contributed by atoms with Crippen LogP contribution in [0.15, 0.2) is 47.1 Å². The minimum Gasteiger partial charge on any atom is -0.508 e. The Balaban J connectivity index is 1.58. The predicted molar refractivity (Wildman–Crippen MR) is 145 cm³/mol. The third-order valence-corrected chi connectivity index (χ3v) is 8.09. The molecule has 2 aromatic rings. The molecule has 0 bridgehead atoms. The number of carboxylic acids is 2. The average molecular weight is 594 g/mol. The number of imidazole rings is 1. The van der Waals surface area contributed by atoms with Crippen LogP contribution in [0.4, 0.5) is 5.82 Å². The Bertz CT molecular complexity index is 1450. The molecule has 0 saturated heterocycles. The number of para-hydroxylation sites is 1. The summed E-state index contributed by atoms with van der Waals surface area (Å²) in [7, 11) is -4.45. The fraction of sp³-hybridized carbons (Fsp3) is 0.417. The molecule has 41 heavy (non-hydrogen) atoms. The van der Waals surface area contributed by atoms with Crippen LogP contribution >= 0.6 is 7.75 Å². The van der Waals surface area contributed by atoms with E-state index in [-0.39, 0.29) is 35.9 Å². The number of ether oxygens (including phenoxy) is 1. The van der Waals surface area contributed by atoms with Crippen molar-refractivity contribution in [3.8, 4) is 5.75 Å². The van der Waals surface area contributed by atoms with Crippen molar-refractivity contribution in [2.75, 3.05) is 11.9 Å². The summed E-state index contributed by atoms with van der Waals surface area (Å²) >= 11 is 0. The number of carbonyl (C=O) groups is 2. The van der Waals surface area contributed by atoms with Crippen molar-refractivity contribution in [2.24, 2.45) is 21.9 Å². The van der Waals surface area contributed by atoms with E-state index in [9.17, 15) is 24.4 Å². The largest absolute Gasteiger partial charge is 0.508 e. The Morgan fingerprint density at radius 2 is 2.02 bits per heavy atom. The van der Waals surface area contributed by atoms with Gasteiger partial charge < -0.3 is 35.6 Å². The van der Waals surface area contributed by atoms with Crippen molar-refractivity contribution in [2.45, 2.75) is 52.2 Å². The smallest absolute Gasteiger partial charge is 0.459 e. The van der Waals surface area contributed by atoms with Crippen molar-refractivity contribution in [1.29, 1.82) is 0 Å². The Kier molecular flexibility index (Phi) is 8.31. The molecule has 0 amide bonds. The van der Waals surface area contributed by atoms with Crippen LogP contribution in [-0.4, -0.2) is 61.6 Å². The number of carboxylic acid groups (broad SMARTS) is 2. The van der Waals surface area contributed by atoms with Gasteiger partial charge in [-0.05, 0) is 38.8 Å². The van der Waals surface area contributed by atoms with Crippen LogP contribution in [0.25, 0.3) is 0 Å². The molecule has 4 rings (SSSR count). The lowest BCUT2D eigenvalue weighted by Crippen LogP contribution is -2.37. The molecule has 1 aromatic carbocycles. The van der Waals surface area contributed by atoms with Gasteiger partial charge in [-0.25, -0.2) is 14.5 Å². The second-order valence-electron chi connectivity index (χ2n) is 9.97. The van der Waals surface area contributed by atoms with E-state index in [1.54, 1.807) is 36.6 Å². The van der Waals surface area contributed by atoms with E-state index in [0.717, 1.165) is 0 Å². The van der Waals surface area contributed by atoms with Gasteiger partial charge in [-0.3, -0.25) is 24.4 Å². The molecule has 3 heterocycles. The number of anilines is 1. The fourth-order valence-electron chi connectivity index (χ4n) is 4.27. The lowest BCUT2D eigenvalue weighted by molar-refractivity contribution is -0.139. The van der Waals surface area contributed by atoms with Crippen LogP contribution < -0.4 is 26.4 Å². The molecule has 17 heteroatoms. The van der Waals surface area contributed by atoms with Gasteiger partial charge in [0.1, 0.15) is 42.0 Å². The Hall–Kier alpha value is -4.11. The van der Waals surface area contributed by atoms with Crippen molar-refractivity contribution in [3.05, 3.63) is 53.4 Å². The third-order valence-electron chi connectivity index (χ3n) is 6.48. The van der Waals surface area contributed by atoms with E-state index in [1.165, 1.54) is 19.3 Å². The number of nitrogens with zero attached hydrogens (tertiary/aromatic N) is 3. The molecule has 0 aliphatic carbocycles.